The summed E-state index contributed by atoms with van der Waals surface area (Å²) in [5.74, 6) is 2.41. The van der Waals surface area contributed by atoms with Gasteiger partial charge in [0.05, 0.1) is 40.2 Å². The van der Waals surface area contributed by atoms with Gasteiger partial charge in [-0.25, -0.2) is 4.98 Å². The molecule has 298 valence electrons. The van der Waals surface area contributed by atoms with Gasteiger partial charge in [-0.05, 0) is 98.1 Å². The molecule has 2 aromatic heterocycles. The molecular weight excluding hydrogens is 769 g/mol. The van der Waals surface area contributed by atoms with Crippen molar-refractivity contribution in [1.82, 2.24) is 9.55 Å². The molecule has 4 heterocycles. The number of hydrogen-bond acceptors (Lipinski definition) is 4. The summed E-state index contributed by atoms with van der Waals surface area (Å²) < 4.78 is 9.24. The van der Waals surface area contributed by atoms with Crippen LogP contribution in [0.4, 0.5) is 17.1 Å². The predicted octanol–water partition coefficient (Wildman–Crippen LogP) is 14.0. The van der Waals surface area contributed by atoms with Crippen molar-refractivity contribution in [3.8, 4) is 39.6 Å². The van der Waals surface area contributed by atoms with Gasteiger partial charge in [0.1, 0.15) is 17.3 Å². The predicted molar refractivity (Wildman–Crippen MR) is 259 cm³/mol. The Balaban J connectivity index is 1.09. The first-order valence-electron chi connectivity index (χ1n) is 21.6. The van der Waals surface area contributed by atoms with Crippen molar-refractivity contribution in [2.75, 3.05) is 23.5 Å². The van der Waals surface area contributed by atoms with Crippen molar-refractivity contribution in [3.05, 3.63) is 234 Å². The first kappa shape index (κ1) is 35.6. The molecule has 2 aliphatic heterocycles. The maximum atomic E-state index is 7.00. The fraction of sp³-hybridized carbons (Fsp3) is 0.0517. The molecule has 0 saturated heterocycles. The van der Waals surface area contributed by atoms with Gasteiger partial charge in [-0.3, -0.25) is 4.57 Å². The molecule has 63 heavy (non-hydrogen) atoms. The van der Waals surface area contributed by atoms with E-state index < -0.39 is 5.41 Å². The highest BCUT2D eigenvalue weighted by Crippen LogP contribution is 2.64. The highest BCUT2D eigenvalue weighted by atomic mass is 16.5. The van der Waals surface area contributed by atoms with Gasteiger partial charge in [0.25, 0.3) is 0 Å². The number of benzene rings is 8. The number of pyridine rings is 1. The lowest BCUT2D eigenvalue weighted by atomic mass is 9.58. The van der Waals surface area contributed by atoms with Crippen LogP contribution in [0.2, 0.25) is 0 Å². The monoisotopic (exact) mass is 808 g/mol. The summed E-state index contributed by atoms with van der Waals surface area (Å²) in [5, 5.41) is 2.34. The Bertz CT molecular complexity index is 3390. The van der Waals surface area contributed by atoms with Gasteiger partial charge in [0, 0.05) is 36.1 Å². The summed E-state index contributed by atoms with van der Waals surface area (Å²) in [6.45, 7) is 0.716. The van der Waals surface area contributed by atoms with Crippen molar-refractivity contribution >= 4 is 51.0 Å². The Labute approximate surface area is 366 Å². The number of hydrogen-bond donors (Lipinski definition) is 0. The Morgan fingerprint density at radius 2 is 1.14 bits per heavy atom. The van der Waals surface area contributed by atoms with Crippen LogP contribution in [0.15, 0.2) is 200 Å². The Morgan fingerprint density at radius 1 is 0.508 bits per heavy atom. The van der Waals surface area contributed by atoms with Crippen LogP contribution in [0, 0.1) is 0 Å². The quantitative estimate of drug-likeness (QED) is 0.173. The minimum absolute atomic E-state index is 0.716. The van der Waals surface area contributed by atoms with Crippen molar-refractivity contribution in [1.29, 1.82) is 0 Å². The topological polar surface area (TPSA) is 33.5 Å². The van der Waals surface area contributed by atoms with Crippen LogP contribution in [0.25, 0.3) is 62.0 Å². The molecule has 3 aliphatic rings. The third-order valence-electron chi connectivity index (χ3n) is 13.4. The Kier molecular flexibility index (Phi) is 7.73. The normalized spacial score (nSPS) is 14.0. The average Bonchev–Trinajstić information content (AvgIpc) is 3.81. The van der Waals surface area contributed by atoms with E-state index in [2.05, 4.69) is 216 Å². The largest absolute Gasteiger partial charge is 0.457 e. The molecule has 0 amide bonds. The smallest absolute Gasteiger partial charge is 0.137 e. The number of aromatic nitrogens is 2. The molecule has 0 saturated carbocycles. The summed E-state index contributed by atoms with van der Waals surface area (Å²) in [6, 6.07) is 70.2. The van der Waals surface area contributed by atoms with E-state index in [9.17, 15) is 0 Å². The Morgan fingerprint density at radius 3 is 1.86 bits per heavy atom. The summed E-state index contributed by atoms with van der Waals surface area (Å²) in [5.41, 5.74) is 17.3. The van der Waals surface area contributed by atoms with Crippen molar-refractivity contribution in [2.24, 2.45) is 0 Å². The van der Waals surface area contributed by atoms with E-state index in [1.807, 2.05) is 18.3 Å². The highest BCUT2D eigenvalue weighted by molar-refractivity contribution is 6.09. The summed E-state index contributed by atoms with van der Waals surface area (Å²) in [6.07, 6.45) is 6.52. The van der Waals surface area contributed by atoms with Gasteiger partial charge in [0.2, 0.25) is 0 Å². The molecule has 13 rings (SSSR count). The van der Waals surface area contributed by atoms with Gasteiger partial charge in [-0.15, -0.1) is 0 Å². The standard InChI is InChI=1S/C58H40N4O/c1-60-37-61-53-36-43(63-42-30-32-47-46-21-8-9-25-50(46)62(52(47)35-42)54-27-10-11-34-59-54)31-33-48(53)58(49-24-14-26-51(60)57(49)61)55-40(19-12-22-44(55)38-15-4-2-5-16-38)28-29-41-20-13-23-45(56(41)58)39-17-6-3-7-18-39/h2-36H,37H2,1H3. The first-order valence-corrected chi connectivity index (χ1v) is 21.6. The Hall–Kier alpha value is -8.15. The molecule has 1 aliphatic carbocycles. The number of ether oxygens (including phenoxy) is 1. The molecule has 8 aromatic carbocycles. The molecule has 5 nitrogen and oxygen atoms in total. The molecular formula is C58H40N4O. The maximum Gasteiger partial charge on any atom is 0.137 e. The lowest BCUT2D eigenvalue weighted by Crippen LogP contribution is -2.40. The van der Waals surface area contributed by atoms with Crippen LogP contribution >= 0.6 is 0 Å². The third-order valence-corrected chi connectivity index (χ3v) is 13.4. The van der Waals surface area contributed by atoms with Crippen molar-refractivity contribution in [2.45, 2.75) is 5.41 Å². The van der Waals surface area contributed by atoms with Crippen LogP contribution < -0.4 is 14.5 Å². The summed E-state index contributed by atoms with van der Waals surface area (Å²) in [7, 11) is 2.21. The van der Waals surface area contributed by atoms with E-state index >= 15 is 0 Å². The number of fused-ring (bicyclic) bond motifs is 11. The lowest BCUT2D eigenvalue weighted by molar-refractivity contribution is 0.482. The summed E-state index contributed by atoms with van der Waals surface area (Å²) in [4.78, 5) is 9.66. The molecule has 0 N–H and O–H groups in total. The second-order valence-electron chi connectivity index (χ2n) is 16.8. The van der Waals surface area contributed by atoms with Gasteiger partial charge >= 0.3 is 0 Å². The molecule has 0 radical (unpaired) electrons. The van der Waals surface area contributed by atoms with Crippen LogP contribution in [0.3, 0.4) is 0 Å². The zero-order valence-corrected chi connectivity index (χ0v) is 34.6. The molecule has 0 unspecified atom stereocenters. The second-order valence-corrected chi connectivity index (χ2v) is 16.8. The fourth-order valence-electron chi connectivity index (χ4n) is 10.9. The molecule has 10 aromatic rings. The number of nitrogens with zero attached hydrogens (tertiary/aromatic N) is 4. The van der Waals surface area contributed by atoms with Gasteiger partial charge in [-0.2, -0.15) is 0 Å². The zero-order valence-electron chi connectivity index (χ0n) is 34.6. The minimum atomic E-state index is -0.740. The summed E-state index contributed by atoms with van der Waals surface area (Å²) >= 11 is 0. The van der Waals surface area contributed by atoms with Crippen LogP contribution in [0.5, 0.6) is 11.5 Å². The van der Waals surface area contributed by atoms with E-state index in [0.717, 1.165) is 39.4 Å². The average molecular weight is 809 g/mol. The SMILES string of the molecule is CN1CN2c3cc(Oc4ccc5c6ccccc6n(-c6ccccn6)c5c4)ccc3C3(c4cccc1c42)c1c(cccc1-c1ccccc1)C=Cc1cccc(-c2ccccc2)c13. The van der Waals surface area contributed by atoms with E-state index in [1.165, 1.54) is 72.4 Å². The van der Waals surface area contributed by atoms with Gasteiger partial charge < -0.3 is 14.5 Å². The van der Waals surface area contributed by atoms with E-state index in [4.69, 9.17) is 9.72 Å². The molecule has 5 heteroatoms. The van der Waals surface area contributed by atoms with E-state index in [1.54, 1.807) is 0 Å². The van der Waals surface area contributed by atoms with E-state index in [0.29, 0.717) is 6.67 Å². The van der Waals surface area contributed by atoms with Gasteiger partial charge in [0.15, 0.2) is 0 Å². The zero-order chi connectivity index (χ0) is 41.6. The van der Waals surface area contributed by atoms with Gasteiger partial charge in [-0.1, -0.05) is 152 Å². The van der Waals surface area contributed by atoms with Crippen molar-refractivity contribution in [3.63, 3.8) is 0 Å². The third kappa shape index (κ3) is 5.14. The molecule has 0 atom stereocenters. The molecule has 1 spiro atoms. The number of para-hydroxylation sites is 2. The van der Waals surface area contributed by atoms with Crippen LogP contribution in [-0.2, 0) is 5.41 Å². The molecule has 0 fully saturated rings. The van der Waals surface area contributed by atoms with E-state index in [-0.39, 0.29) is 0 Å². The number of rotatable bonds is 5. The maximum absolute atomic E-state index is 7.00. The van der Waals surface area contributed by atoms with Crippen LogP contribution in [-0.4, -0.2) is 23.3 Å². The number of anilines is 3. The van der Waals surface area contributed by atoms with Crippen LogP contribution in [0.1, 0.15) is 33.4 Å². The fourth-order valence-corrected chi connectivity index (χ4v) is 10.9. The van der Waals surface area contributed by atoms with Crippen molar-refractivity contribution < 1.29 is 4.74 Å². The molecule has 0 bridgehead atoms. The highest BCUT2D eigenvalue weighted by Gasteiger charge is 2.52. The second kappa shape index (κ2) is 13.7. The minimum Gasteiger partial charge on any atom is -0.457 e. The first-order chi connectivity index (χ1) is 31.2. The lowest BCUT2D eigenvalue weighted by Gasteiger charge is -2.47.